The number of rotatable bonds is 8. The molecule has 2 aromatic carbocycles. The minimum atomic E-state index is -0.118. The van der Waals surface area contributed by atoms with Crippen LogP contribution in [0.15, 0.2) is 48.5 Å². The molecule has 122 valence electrons. The van der Waals surface area contributed by atoms with E-state index in [2.05, 4.69) is 12.2 Å². The summed E-state index contributed by atoms with van der Waals surface area (Å²) < 4.78 is 10.7. The number of carbonyl (C=O) groups excluding carboxylic acids is 1. The van der Waals surface area contributed by atoms with Crippen molar-refractivity contribution in [2.45, 2.75) is 19.8 Å². The van der Waals surface area contributed by atoms with Crippen LogP contribution in [0, 0.1) is 0 Å². The van der Waals surface area contributed by atoms with Crippen molar-refractivity contribution in [1.82, 2.24) is 5.32 Å². The van der Waals surface area contributed by atoms with Crippen LogP contribution >= 0.6 is 0 Å². The lowest BCUT2D eigenvalue weighted by molar-refractivity contribution is -0.123. The van der Waals surface area contributed by atoms with Crippen molar-refractivity contribution >= 4 is 5.91 Å². The monoisotopic (exact) mass is 313 g/mol. The molecule has 0 atom stereocenters. The molecule has 0 aromatic heterocycles. The molecule has 4 nitrogen and oxygen atoms in total. The molecule has 0 saturated carbocycles. The molecule has 0 saturated heterocycles. The Balaban J connectivity index is 1.70. The van der Waals surface area contributed by atoms with E-state index in [1.165, 1.54) is 5.56 Å². The average Bonchev–Trinajstić information content (AvgIpc) is 2.60. The summed E-state index contributed by atoms with van der Waals surface area (Å²) in [6.07, 6.45) is 1.75. The minimum Gasteiger partial charge on any atom is -0.497 e. The minimum absolute atomic E-state index is 0.0313. The molecule has 0 unspecified atom stereocenters. The van der Waals surface area contributed by atoms with E-state index in [9.17, 15) is 4.79 Å². The van der Waals surface area contributed by atoms with Gasteiger partial charge in [0.15, 0.2) is 6.61 Å². The van der Waals surface area contributed by atoms with Gasteiger partial charge in [-0.05, 0) is 48.2 Å². The number of carbonyl (C=O) groups is 1. The molecule has 0 heterocycles. The Morgan fingerprint density at radius 2 is 1.83 bits per heavy atom. The van der Waals surface area contributed by atoms with Gasteiger partial charge in [0.2, 0.25) is 0 Å². The van der Waals surface area contributed by atoms with Crippen LogP contribution < -0.4 is 14.8 Å². The Morgan fingerprint density at radius 3 is 2.52 bits per heavy atom. The van der Waals surface area contributed by atoms with Crippen LogP contribution in [-0.4, -0.2) is 26.2 Å². The lowest BCUT2D eigenvalue weighted by Crippen LogP contribution is -2.30. The van der Waals surface area contributed by atoms with Gasteiger partial charge >= 0.3 is 0 Å². The number of hydrogen-bond donors (Lipinski definition) is 1. The molecule has 0 radical (unpaired) electrons. The molecule has 0 aliphatic rings. The molecule has 0 aliphatic carbocycles. The topological polar surface area (TPSA) is 47.6 Å². The zero-order chi connectivity index (χ0) is 16.5. The zero-order valence-electron chi connectivity index (χ0n) is 13.7. The van der Waals surface area contributed by atoms with Crippen molar-refractivity contribution in [3.05, 3.63) is 59.7 Å². The molecule has 1 amide bonds. The van der Waals surface area contributed by atoms with Gasteiger partial charge in [-0.1, -0.05) is 31.2 Å². The van der Waals surface area contributed by atoms with E-state index >= 15 is 0 Å². The number of ether oxygens (including phenoxy) is 2. The van der Waals surface area contributed by atoms with Gasteiger partial charge in [-0.25, -0.2) is 0 Å². The molecule has 4 heteroatoms. The van der Waals surface area contributed by atoms with E-state index in [1.807, 2.05) is 48.5 Å². The van der Waals surface area contributed by atoms with Crippen LogP contribution in [0.25, 0.3) is 0 Å². The number of benzene rings is 2. The maximum atomic E-state index is 11.8. The second kappa shape index (κ2) is 8.83. The lowest BCUT2D eigenvalue weighted by Gasteiger charge is -2.08. The summed E-state index contributed by atoms with van der Waals surface area (Å²) in [4.78, 5) is 11.8. The molecule has 0 spiro atoms. The summed E-state index contributed by atoms with van der Waals surface area (Å²) in [5.74, 6) is 1.42. The van der Waals surface area contributed by atoms with Gasteiger partial charge < -0.3 is 14.8 Å². The van der Waals surface area contributed by atoms with Crippen LogP contribution in [0.3, 0.4) is 0 Å². The highest BCUT2D eigenvalue weighted by Gasteiger charge is 2.03. The van der Waals surface area contributed by atoms with Crippen molar-refractivity contribution in [3.8, 4) is 11.5 Å². The molecular formula is C19H23NO3. The number of amides is 1. The highest BCUT2D eigenvalue weighted by molar-refractivity contribution is 5.77. The normalized spacial score (nSPS) is 10.2. The van der Waals surface area contributed by atoms with Crippen molar-refractivity contribution in [2.75, 3.05) is 20.3 Å². The highest BCUT2D eigenvalue weighted by Crippen LogP contribution is 2.13. The fourth-order valence-electron chi connectivity index (χ4n) is 2.20. The molecule has 0 fully saturated rings. The van der Waals surface area contributed by atoms with E-state index in [4.69, 9.17) is 9.47 Å². The zero-order valence-corrected chi connectivity index (χ0v) is 13.7. The van der Waals surface area contributed by atoms with E-state index in [0.29, 0.717) is 12.3 Å². The van der Waals surface area contributed by atoms with Gasteiger partial charge in [-0.3, -0.25) is 4.79 Å². The van der Waals surface area contributed by atoms with E-state index in [-0.39, 0.29) is 12.5 Å². The fourth-order valence-corrected chi connectivity index (χ4v) is 2.20. The molecule has 23 heavy (non-hydrogen) atoms. The number of nitrogens with one attached hydrogen (secondary N) is 1. The summed E-state index contributed by atoms with van der Waals surface area (Å²) in [7, 11) is 1.64. The summed E-state index contributed by atoms with van der Waals surface area (Å²) in [5, 5.41) is 2.86. The fraction of sp³-hybridized carbons (Fsp3) is 0.316. The predicted octanol–water partition coefficient (Wildman–Crippen LogP) is 3.00. The predicted molar refractivity (Wildman–Crippen MR) is 91.0 cm³/mol. The summed E-state index contributed by atoms with van der Waals surface area (Å²) in [6.45, 7) is 2.71. The summed E-state index contributed by atoms with van der Waals surface area (Å²) in [5.41, 5.74) is 2.38. The summed E-state index contributed by atoms with van der Waals surface area (Å²) in [6, 6.07) is 15.6. The number of aryl methyl sites for hydroxylation is 1. The first-order valence-electron chi connectivity index (χ1n) is 7.82. The highest BCUT2D eigenvalue weighted by atomic mass is 16.5. The van der Waals surface area contributed by atoms with Crippen molar-refractivity contribution in [1.29, 1.82) is 0 Å². The molecule has 0 aliphatic heterocycles. The largest absolute Gasteiger partial charge is 0.497 e. The molecule has 2 aromatic rings. The first kappa shape index (κ1) is 16.9. The van der Waals surface area contributed by atoms with Crippen molar-refractivity contribution < 1.29 is 14.3 Å². The Hall–Kier alpha value is -2.49. The molecular weight excluding hydrogens is 290 g/mol. The van der Waals surface area contributed by atoms with Gasteiger partial charge in [-0.15, -0.1) is 0 Å². The first-order valence-corrected chi connectivity index (χ1v) is 7.82. The van der Waals surface area contributed by atoms with Crippen LogP contribution in [0.4, 0.5) is 0 Å². The maximum absolute atomic E-state index is 11.8. The van der Waals surface area contributed by atoms with Gasteiger partial charge in [-0.2, -0.15) is 0 Å². The number of hydrogen-bond acceptors (Lipinski definition) is 3. The standard InChI is InChI=1S/C19H23NO3/c1-3-15-7-9-17(10-8-15)23-14-19(21)20-12-11-16-5-4-6-18(13-16)22-2/h4-10,13H,3,11-12,14H2,1-2H3,(H,20,21). The third-order valence-corrected chi connectivity index (χ3v) is 3.57. The molecule has 2 rings (SSSR count). The SMILES string of the molecule is CCc1ccc(OCC(=O)NCCc2cccc(OC)c2)cc1. The summed E-state index contributed by atoms with van der Waals surface area (Å²) >= 11 is 0. The van der Waals surface area contributed by atoms with Crippen LogP contribution in [0.2, 0.25) is 0 Å². The second-order valence-electron chi connectivity index (χ2n) is 5.24. The van der Waals surface area contributed by atoms with Crippen LogP contribution in [0.1, 0.15) is 18.1 Å². The van der Waals surface area contributed by atoms with E-state index in [1.54, 1.807) is 7.11 Å². The Kier molecular flexibility index (Phi) is 6.48. The third-order valence-electron chi connectivity index (χ3n) is 3.57. The Morgan fingerprint density at radius 1 is 1.04 bits per heavy atom. The number of methoxy groups -OCH3 is 1. The Labute approximate surface area is 137 Å². The van der Waals surface area contributed by atoms with Gasteiger partial charge in [0, 0.05) is 6.54 Å². The average molecular weight is 313 g/mol. The van der Waals surface area contributed by atoms with Crippen molar-refractivity contribution in [2.24, 2.45) is 0 Å². The maximum Gasteiger partial charge on any atom is 0.257 e. The first-order chi connectivity index (χ1) is 11.2. The van der Waals surface area contributed by atoms with Gasteiger partial charge in [0.25, 0.3) is 5.91 Å². The van der Waals surface area contributed by atoms with Crippen LogP contribution in [0.5, 0.6) is 11.5 Å². The van der Waals surface area contributed by atoms with Gasteiger partial charge in [0.1, 0.15) is 11.5 Å². The lowest BCUT2D eigenvalue weighted by atomic mass is 10.1. The smallest absolute Gasteiger partial charge is 0.257 e. The second-order valence-corrected chi connectivity index (χ2v) is 5.24. The van der Waals surface area contributed by atoms with Crippen LogP contribution in [-0.2, 0) is 17.6 Å². The molecule has 0 bridgehead atoms. The molecule has 1 N–H and O–H groups in total. The third kappa shape index (κ3) is 5.66. The van der Waals surface area contributed by atoms with Gasteiger partial charge in [0.05, 0.1) is 7.11 Å². The Bertz CT molecular complexity index is 623. The van der Waals surface area contributed by atoms with E-state index in [0.717, 1.165) is 24.2 Å². The van der Waals surface area contributed by atoms with Crippen molar-refractivity contribution in [3.63, 3.8) is 0 Å². The van der Waals surface area contributed by atoms with E-state index < -0.39 is 0 Å². The quantitative estimate of drug-likeness (QED) is 0.815.